The van der Waals surface area contributed by atoms with E-state index in [1.165, 1.54) is 0 Å². The van der Waals surface area contributed by atoms with E-state index < -0.39 is 11.7 Å². The van der Waals surface area contributed by atoms with Gasteiger partial charge in [0.1, 0.15) is 0 Å². The molecule has 0 unspecified atom stereocenters. The molecule has 0 aliphatic carbocycles. The summed E-state index contributed by atoms with van der Waals surface area (Å²) in [4.78, 5) is 28.7. The van der Waals surface area contributed by atoms with Crippen LogP contribution in [-0.2, 0) is 19.1 Å². The molecular weight excluding hydrogens is 330 g/mol. The van der Waals surface area contributed by atoms with Crippen LogP contribution in [0.1, 0.15) is 26.3 Å². The number of rotatable bonds is 1. The molecule has 1 aromatic rings. The van der Waals surface area contributed by atoms with Crippen molar-refractivity contribution in [2.24, 2.45) is 17.3 Å². The van der Waals surface area contributed by atoms with Crippen LogP contribution in [0.25, 0.3) is 6.08 Å². The van der Waals surface area contributed by atoms with Gasteiger partial charge in [0.05, 0.1) is 30.7 Å². The average molecular weight is 353 g/mol. The standard InChI is InChI=1S/C21H23NO4/c1-21(2,3)19(24)17-16-14-10-25-20(26-14)18(23)15(16)13-9-8-11-6-4-5-7-12(11)22(13)17/h4-9,13-17,20H,10H2,1-3H3/t13-,14+,15+,16+,17-,20-/m0/s1. The van der Waals surface area contributed by atoms with E-state index in [2.05, 4.69) is 23.1 Å². The SMILES string of the molecule is CC(C)(C)C(=O)[C@@H]1[C@H]2[C@H](C(=O)[C@H]3OC[C@H]2O3)[C@@H]2C=Cc3ccccc3N12. The molecule has 0 amide bonds. The summed E-state index contributed by atoms with van der Waals surface area (Å²) in [5.41, 5.74) is 1.62. The van der Waals surface area contributed by atoms with Gasteiger partial charge < -0.3 is 14.4 Å². The smallest absolute Gasteiger partial charge is 0.218 e. The highest BCUT2D eigenvalue weighted by Gasteiger charge is 2.64. The molecule has 4 aliphatic rings. The molecule has 5 heteroatoms. The van der Waals surface area contributed by atoms with Gasteiger partial charge in [-0.25, -0.2) is 0 Å². The number of hydrogen-bond donors (Lipinski definition) is 0. The number of nitrogens with zero attached hydrogens (tertiary/aromatic N) is 1. The molecule has 0 N–H and O–H groups in total. The number of para-hydroxylation sites is 1. The molecule has 5 rings (SSSR count). The maximum absolute atomic E-state index is 13.5. The number of anilines is 1. The highest BCUT2D eigenvalue weighted by Crippen LogP contribution is 2.51. The first-order valence-electron chi connectivity index (χ1n) is 9.28. The van der Waals surface area contributed by atoms with E-state index in [0.29, 0.717) is 6.61 Å². The normalized spacial score (nSPS) is 37.3. The quantitative estimate of drug-likeness (QED) is 0.776. The summed E-state index contributed by atoms with van der Waals surface area (Å²) in [6.07, 6.45) is 3.18. The highest BCUT2D eigenvalue weighted by molar-refractivity contribution is 5.98. The highest BCUT2D eigenvalue weighted by atomic mass is 16.7. The zero-order valence-electron chi connectivity index (χ0n) is 15.2. The average Bonchev–Trinajstić information content (AvgIpc) is 3.19. The fraction of sp³-hybridized carbons (Fsp3) is 0.524. The second-order valence-electron chi connectivity index (χ2n) is 8.72. The monoisotopic (exact) mass is 353 g/mol. The summed E-state index contributed by atoms with van der Waals surface area (Å²) >= 11 is 0. The van der Waals surface area contributed by atoms with Gasteiger partial charge in [0.2, 0.25) is 6.29 Å². The Morgan fingerprint density at radius 3 is 2.77 bits per heavy atom. The van der Waals surface area contributed by atoms with Crippen LogP contribution in [0.15, 0.2) is 30.3 Å². The molecule has 4 aliphatic heterocycles. The summed E-state index contributed by atoms with van der Waals surface area (Å²) in [5.74, 6) is -0.301. The summed E-state index contributed by atoms with van der Waals surface area (Å²) in [5, 5.41) is 0. The molecule has 136 valence electrons. The molecule has 3 fully saturated rings. The Hall–Kier alpha value is -1.98. The molecule has 0 saturated carbocycles. The molecule has 6 atom stereocenters. The van der Waals surface area contributed by atoms with Crippen molar-refractivity contribution in [2.75, 3.05) is 11.5 Å². The van der Waals surface area contributed by atoms with E-state index in [9.17, 15) is 9.59 Å². The van der Waals surface area contributed by atoms with Gasteiger partial charge >= 0.3 is 0 Å². The van der Waals surface area contributed by atoms with E-state index in [1.54, 1.807) is 0 Å². The summed E-state index contributed by atoms with van der Waals surface area (Å²) in [6, 6.07) is 7.59. The number of Topliss-reactive ketones (excluding diaryl/α,β-unsaturated/α-hetero) is 2. The van der Waals surface area contributed by atoms with Gasteiger partial charge in [0.15, 0.2) is 11.6 Å². The third-order valence-corrected chi connectivity index (χ3v) is 6.16. The van der Waals surface area contributed by atoms with E-state index >= 15 is 0 Å². The molecule has 0 aromatic heterocycles. The van der Waals surface area contributed by atoms with E-state index in [-0.39, 0.29) is 41.6 Å². The van der Waals surface area contributed by atoms with Crippen LogP contribution >= 0.6 is 0 Å². The molecule has 2 bridgehead atoms. The van der Waals surface area contributed by atoms with Crippen molar-refractivity contribution in [1.82, 2.24) is 0 Å². The van der Waals surface area contributed by atoms with Crippen LogP contribution < -0.4 is 4.90 Å². The molecular formula is C21H23NO4. The van der Waals surface area contributed by atoms with Crippen molar-refractivity contribution in [2.45, 2.75) is 45.2 Å². The third kappa shape index (κ3) is 2.04. The van der Waals surface area contributed by atoms with Crippen LogP contribution in [-0.4, -0.2) is 42.7 Å². The van der Waals surface area contributed by atoms with Gasteiger partial charge in [-0.05, 0) is 11.6 Å². The predicted octanol–water partition coefficient (Wildman–Crippen LogP) is 2.44. The summed E-state index contributed by atoms with van der Waals surface area (Å²) in [7, 11) is 0. The zero-order valence-corrected chi connectivity index (χ0v) is 15.2. The van der Waals surface area contributed by atoms with Gasteiger partial charge in [-0.2, -0.15) is 0 Å². The van der Waals surface area contributed by atoms with Gasteiger partial charge in [-0.3, -0.25) is 9.59 Å². The fourth-order valence-corrected chi connectivity index (χ4v) is 5.02. The van der Waals surface area contributed by atoms with E-state index in [1.807, 2.05) is 39.0 Å². The molecule has 1 aromatic carbocycles. The van der Waals surface area contributed by atoms with Crippen molar-refractivity contribution >= 4 is 23.3 Å². The van der Waals surface area contributed by atoms with Crippen LogP contribution in [0, 0.1) is 17.3 Å². The van der Waals surface area contributed by atoms with Crippen molar-refractivity contribution in [1.29, 1.82) is 0 Å². The Balaban J connectivity index is 1.69. The first-order chi connectivity index (χ1) is 12.4. The van der Waals surface area contributed by atoms with E-state index in [0.717, 1.165) is 11.3 Å². The largest absolute Gasteiger partial charge is 0.353 e. The lowest BCUT2D eigenvalue weighted by molar-refractivity contribution is -0.164. The number of carbonyl (C=O) groups is 2. The molecule has 3 saturated heterocycles. The number of carbonyl (C=O) groups excluding carboxylic acids is 2. The van der Waals surface area contributed by atoms with Crippen molar-refractivity contribution in [3.8, 4) is 0 Å². The van der Waals surface area contributed by atoms with Crippen LogP contribution in [0.5, 0.6) is 0 Å². The number of fused-ring (bicyclic) bond motifs is 8. The molecule has 0 radical (unpaired) electrons. The van der Waals surface area contributed by atoms with Gasteiger partial charge in [0, 0.05) is 17.0 Å². The number of ketones is 2. The van der Waals surface area contributed by atoms with Crippen LogP contribution in [0.4, 0.5) is 5.69 Å². The second kappa shape index (κ2) is 5.27. The Kier molecular flexibility index (Phi) is 3.29. The van der Waals surface area contributed by atoms with Crippen molar-refractivity contribution < 1.29 is 19.1 Å². The maximum atomic E-state index is 13.5. The van der Waals surface area contributed by atoms with Crippen LogP contribution in [0.3, 0.4) is 0 Å². The van der Waals surface area contributed by atoms with Gasteiger partial charge in [-0.1, -0.05) is 51.1 Å². The van der Waals surface area contributed by atoms with Crippen LogP contribution in [0.2, 0.25) is 0 Å². The first-order valence-corrected chi connectivity index (χ1v) is 9.28. The minimum absolute atomic E-state index is 0.0213. The fourth-order valence-electron chi connectivity index (χ4n) is 5.02. The predicted molar refractivity (Wildman–Crippen MR) is 96.6 cm³/mol. The molecule has 26 heavy (non-hydrogen) atoms. The number of ether oxygens (including phenoxy) is 2. The maximum Gasteiger partial charge on any atom is 0.218 e. The lowest BCUT2D eigenvalue weighted by atomic mass is 9.74. The lowest BCUT2D eigenvalue weighted by Crippen LogP contribution is -2.51. The second-order valence-corrected chi connectivity index (χ2v) is 8.72. The summed E-state index contributed by atoms with van der Waals surface area (Å²) < 4.78 is 11.4. The minimum Gasteiger partial charge on any atom is -0.353 e. The molecule has 0 spiro atoms. The summed E-state index contributed by atoms with van der Waals surface area (Å²) in [6.45, 7) is 6.23. The Labute approximate surface area is 153 Å². The first kappa shape index (κ1) is 16.2. The lowest BCUT2D eigenvalue weighted by Gasteiger charge is -2.38. The topological polar surface area (TPSA) is 55.8 Å². The Morgan fingerprint density at radius 1 is 1.23 bits per heavy atom. The molecule has 5 nitrogen and oxygen atoms in total. The molecule has 4 heterocycles. The minimum atomic E-state index is -0.767. The zero-order chi connectivity index (χ0) is 18.2. The van der Waals surface area contributed by atoms with E-state index in [4.69, 9.17) is 9.47 Å². The van der Waals surface area contributed by atoms with Crippen molar-refractivity contribution in [3.63, 3.8) is 0 Å². The van der Waals surface area contributed by atoms with Gasteiger partial charge in [-0.15, -0.1) is 0 Å². The Bertz CT molecular complexity index is 824. The number of benzene rings is 1. The third-order valence-electron chi connectivity index (χ3n) is 6.16. The van der Waals surface area contributed by atoms with Gasteiger partial charge in [0.25, 0.3) is 0 Å². The Morgan fingerprint density at radius 2 is 2.00 bits per heavy atom. The number of hydrogen-bond acceptors (Lipinski definition) is 5. The van der Waals surface area contributed by atoms with Crippen molar-refractivity contribution in [3.05, 3.63) is 35.9 Å².